The molecule has 0 aliphatic heterocycles. The van der Waals surface area contributed by atoms with Crippen molar-refractivity contribution in [3.63, 3.8) is 0 Å². The van der Waals surface area contributed by atoms with Gasteiger partial charge < -0.3 is 0 Å². The normalized spacial score (nSPS) is 11.2. The first kappa shape index (κ1) is 47.6. The molecule has 6 nitrogen and oxygen atoms in total. The molecule has 0 atom stereocenters. The Hall–Kier alpha value is -10.8. The minimum atomic E-state index is 0.654. The Bertz CT molecular complexity index is 4210. The minimum Gasteiger partial charge on any atom is -0.256 e. The molecular weight excluding hydrogens is 973 g/mol. The molecule has 14 rings (SSSR count). The summed E-state index contributed by atoms with van der Waals surface area (Å²) in [5.41, 5.74) is 22.6. The molecule has 6 heteroatoms. The summed E-state index contributed by atoms with van der Waals surface area (Å²) in [5, 5.41) is 2.23. The summed E-state index contributed by atoms with van der Waals surface area (Å²) >= 11 is 0. The fourth-order valence-electron chi connectivity index (χ4n) is 10.5. The van der Waals surface area contributed by atoms with Crippen LogP contribution in [0.5, 0.6) is 0 Å². The number of hydrogen-bond donors (Lipinski definition) is 0. The Morgan fingerprint density at radius 3 is 0.738 bits per heavy atom. The van der Waals surface area contributed by atoms with E-state index in [1.54, 1.807) is 0 Å². The smallest absolute Gasteiger partial charge is 0.160 e. The lowest BCUT2D eigenvalue weighted by atomic mass is 9.99. The second-order valence-electron chi connectivity index (χ2n) is 19.9. The third-order valence-electron chi connectivity index (χ3n) is 14.9. The molecule has 0 spiro atoms. The highest BCUT2D eigenvalue weighted by Crippen LogP contribution is 2.35. The van der Waals surface area contributed by atoms with E-state index in [-0.39, 0.29) is 0 Å². The number of pyridine rings is 2. The lowest BCUT2D eigenvalue weighted by Gasteiger charge is -2.12. The summed E-state index contributed by atoms with van der Waals surface area (Å²) in [5.74, 6) is 1.31. The summed E-state index contributed by atoms with van der Waals surface area (Å²) < 4.78 is 0. The highest BCUT2D eigenvalue weighted by atomic mass is 14.9. The molecule has 0 saturated carbocycles. The van der Waals surface area contributed by atoms with Crippen LogP contribution in [0.3, 0.4) is 0 Å². The summed E-state index contributed by atoms with van der Waals surface area (Å²) in [7, 11) is 0. The summed E-state index contributed by atoms with van der Waals surface area (Å²) in [6.07, 6.45) is 3.66. The van der Waals surface area contributed by atoms with Crippen LogP contribution < -0.4 is 0 Å². The lowest BCUT2D eigenvalue weighted by molar-refractivity contribution is 1.18. The van der Waals surface area contributed by atoms with Crippen molar-refractivity contribution >= 4 is 21.8 Å². The fraction of sp³-hybridized carbons (Fsp3) is 0. The SMILES string of the molecule is c1ccc(-c2ccc(-c3cc(-c4ccc(-c5ccc6ncccc6c5)cc4)nc(-c4ccc(-c5ccc(-c6nc(-c7ccc(-c8ccccc8)cc7)cc(-c7ccc(-c8ccc9ncccc9c8)cc7)n6)cc5)cc4)n3)cc2)cc1. The van der Waals surface area contributed by atoms with Gasteiger partial charge in [-0.05, 0) is 104 Å². The molecule has 0 radical (unpaired) electrons. The van der Waals surface area contributed by atoms with Gasteiger partial charge in [0.2, 0.25) is 0 Å². The van der Waals surface area contributed by atoms with Crippen LogP contribution in [-0.2, 0) is 0 Å². The van der Waals surface area contributed by atoms with E-state index in [9.17, 15) is 0 Å². The van der Waals surface area contributed by atoms with Crippen LogP contribution in [-0.4, -0.2) is 29.9 Å². The van der Waals surface area contributed by atoms with E-state index < -0.39 is 0 Å². The molecule has 4 aromatic heterocycles. The first-order valence-corrected chi connectivity index (χ1v) is 26.8. The standard InChI is InChI=1S/C74H48N6/c1-3-9-49(10-4-1)51-15-27-57(28-16-51)69-47-71(59-31-19-55(20-32-59)63-39-41-67-65(45-63)13-7-43-75-67)79-73(77-69)61-35-23-53(24-36-61)54-25-37-62(38-26-54)74-78-70(58-29-17-52(18-30-58)50-11-5-2-6-12-50)48-72(80-74)60-33-21-56(22-34-60)64-40-42-68-66(46-64)14-8-44-76-68/h1-48H. The van der Waals surface area contributed by atoms with Crippen LogP contribution in [0.4, 0.5) is 0 Å². The lowest BCUT2D eigenvalue weighted by Crippen LogP contribution is -1.96. The van der Waals surface area contributed by atoms with Gasteiger partial charge in [0.1, 0.15) is 0 Å². The van der Waals surface area contributed by atoms with Crippen LogP contribution in [0.2, 0.25) is 0 Å². The van der Waals surface area contributed by atoms with Gasteiger partial charge in [0.25, 0.3) is 0 Å². The zero-order valence-corrected chi connectivity index (χ0v) is 43.4. The molecule has 374 valence electrons. The largest absolute Gasteiger partial charge is 0.256 e. The van der Waals surface area contributed by atoms with Crippen LogP contribution in [0, 0.1) is 0 Å². The molecular formula is C74H48N6. The van der Waals surface area contributed by atoms with Gasteiger partial charge >= 0.3 is 0 Å². The van der Waals surface area contributed by atoms with E-state index in [1.165, 1.54) is 11.1 Å². The maximum atomic E-state index is 5.22. The monoisotopic (exact) mass is 1020 g/mol. The van der Waals surface area contributed by atoms with E-state index in [1.807, 2.05) is 36.7 Å². The number of aromatic nitrogens is 6. The predicted octanol–water partition coefficient (Wildman–Crippen LogP) is 18.7. The van der Waals surface area contributed by atoms with Gasteiger partial charge in [0.05, 0.1) is 33.8 Å². The Kier molecular flexibility index (Phi) is 12.5. The Morgan fingerprint density at radius 2 is 0.425 bits per heavy atom. The number of rotatable bonds is 11. The van der Waals surface area contributed by atoms with Crippen molar-refractivity contribution in [3.8, 4) is 123 Å². The molecule has 10 aromatic carbocycles. The maximum absolute atomic E-state index is 5.22. The molecule has 0 bridgehead atoms. The fourth-order valence-corrected chi connectivity index (χ4v) is 10.5. The first-order chi connectivity index (χ1) is 39.6. The molecule has 4 heterocycles. The highest BCUT2D eigenvalue weighted by molar-refractivity contribution is 5.87. The topological polar surface area (TPSA) is 77.3 Å². The van der Waals surface area contributed by atoms with E-state index in [2.05, 4.69) is 265 Å². The zero-order chi connectivity index (χ0) is 53.2. The van der Waals surface area contributed by atoms with Gasteiger partial charge in [-0.1, -0.05) is 231 Å². The Balaban J connectivity index is 0.772. The molecule has 0 aliphatic rings. The van der Waals surface area contributed by atoms with Gasteiger partial charge in [-0.15, -0.1) is 0 Å². The second-order valence-corrected chi connectivity index (χ2v) is 19.9. The molecule has 0 saturated heterocycles. The van der Waals surface area contributed by atoms with Crippen LogP contribution in [0.15, 0.2) is 291 Å². The van der Waals surface area contributed by atoms with Crippen molar-refractivity contribution in [2.45, 2.75) is 0 Å². The average Bonchev–Trinajstić information content (AvgIpc) is 3.59. The number of nitrogens with zero attached hydrogens (tertiary/aromatic N) is 6. The molecule has 14 aromatic rings. The Morgan fingerprint density at radius 1 is 0.175 bits per heavy atom. The summed E-state index contributed by atoms with van der Waals surface area (Å²) in [4.78, 5) is 29.9. The molecule has 0 N–H and O–H groups in total. The average molecular weight is 1020 g/mol. The van der Waals surface area contributed by atoms with Gasteiger partial charge in [-0.3, -0.25) is 9.97 Å². The summed E-state index contributed by atoms with van der Waals surface area (Å²) in [6.45, 7) is 0. The van der Waals surface area contributed by atoms with Crippen molar-refractivity contribution in [2.24, 2.45) is 0 Å². The van der Waals surface area contributed by atoms with E-state index in [0.29, 0.717) is 11.6 Å². The van der Waals surface area contributed by atoms with Crippen molar-refractivity contribution in [1.82, 2.24) is 29.9 Å². The third-order valence-corrected chi connectivity index (χ3v) is 14.9. The van der Waals surface area contributed by atoms with Crippen molar-refractivity contribution in [2.75, 3.05) is 0 Å². The van der Waals surface area contributed by atoms with Gasteiger partial charge in [-0.25, -0.2) is 19.9 Å². The zero-order valence-electron chi connectivity index (χ0n) is 43.4. The molecule has 0 aliphatic carbocycles. The van der Waals surface area contributed by atoms with Crippen molar-refractivity contribution in [1.29, 1.82) is 0 Å². The van der Waals surface area contributed by atoms with Crippen LogP contribution in [0.1, 0.15) is 0 Å². The van der Waals surface area contributed by atoms with E-state index in [0.717, 1.165) is 122 Å². The molecule has 0 fully saturated rings. The summed E-state index contributed by atoms with van der Waals surface area (Å²) in [6, 6.07) is 97.6. The number of fused-ring (bicyclic) bond motifs is 2. The minimum absolute atomic E-state index is 0.654. The van der Waals surface area contributed by atoms with E-state index in [4.69, 9.17) is 19.9 Å². The highest BCUT2D eigenvalue weighted by Gasteiger charge is 2.15. The number of hydrogen-bond acceptors (Lipinski definition) is 6. The second kappa shape index (κ2) is 21.0. The van der Waals surface area contributed by atoms with Gasteiger partial charge in [0.15, 0.2) is 11.6 Å². The van der Waals surface area contributed by atoms with Crippen molar-refractivity contribution in [3.05, 3.63) is 291 Å². The molecule has 80 heavy (non-hydrogen) atoms. The Labute approximate surface area is 464 Å². The van der Waals surface area contributed by atoms with Crippen LogP contribution in [0.25, 0.3) is 145 Å². The quantitative estimate of drug-likeness (QED) is 0.128. The van der Waals surface area contributed by atoms with E-state index >= 15 is 0 Å². The van der Waals surface area contributed by atoms with Gasteiger partial charge in [0, 0.05) is 56.5 Å². The van der Waals surface area contributed by atoms with Crippen LogP contribution >= 0.6 is 0 Å². The first-order valence-electron chi connectivity index (χ1n) is 26.8. The number of benzene rings is 10. The molecule has 0 unspecified atom stereocenters. The maximum Gasteiger partial charge on any atom is 0.160 e. The predicted molar refractivity (Wildman–Crippen MR) is 328 cm³/mol. The molecule has 0 amide bonds. The van der Waals surface area contributed by atoms with Crippen molar-refractivity contribution < 1.29 is 0 Å². The van der Waals surface area contributed by atoms with Gasteiger partial charge in [-0.2, -0.15) is 0 Å². The third kappa shape index (κ3) is 9.81.